The van der Waals surface area contributed by atoms with Gasteiger partial charge in [0.25, 0.3) is 5.91 Å². The van der Waals surface area contributed by atoms with Crippen molar-refractivity contribution in [1.82, 2.24) is 5.32 Å². The van der Waals surface area contributed by atoms with Gasteiger partial charge in [-0.1, -0.05) is 53.5 Å². The van der Waals surface area contributed by atoms with E-state index in [-0.39, 0.29) is 28.1 Å². The first-order valence-electron chi connectivity index (χ1n) is 6.91. The Morgan fingerprint density at radius 3 is 2.57 bits per heavy atom. The van der Waals surface area contributed by atoms with Crippen LogP contribution in [0.3, 0.4) is 0 Å². The fourth-order valence-corrected chi connectivity index (χ4v) is 2.30. The number of hydrogen-bond acceptors (Lipinski definition) is 3. The number of esters is 1. The van der Waals surface area contributed by atoms with Gasteiger partial charge < -0.3 is 10.1 Å². The maximum absolute atomic E-state index is 11.9. The van der Waals surface area contributed by atoms with Gasteiger partial charge in [0.2, 0.25) is 0 Å². The second-order valence-electron chi connectivity index (χ2n) is 4.88. The number of halogens is 2. The molecule has 0 aliphatic heterocycles. The van der Waals surface area contributed by atoms with Crippen LogP contribution < -0.4 is 5.32 Å². The van der Waals surface area contributed by atoms with Crippen molar-refractivity contribution in [3.8, 4) is 0 Å². The van der Waals surface area contributed by atoms with Gasteiger partial charge in [-0.05, 0) is 30.2 Å². The number of carbonyl (C=O) groups excluding carboxylic acids is 2. The van der Waals surface area contributed by atoms with E-state index in [2.05, 4.69) is 5.32 Å². The number of benzene rings is 2. The molecular weight excluding hydrogens is 337 g/mol. The van der Waals surface area contributed by atoms with Crippen LogP contribution in [0.25, 0.3) is 0 Å². The molecule has 2 rings (SSSR count). The molecule has 1 N–H and O–H groups in total. The lowest BCUT2D eigenvalue weighted by atomic mass is 10.1. The van der Waals surface area contributed by atoms with E-state index in [0.29, 0.717) is 6.54 Å². The summed E-state index contributed by atoms with van der Waals surface area (Å²) in [6.07, 6.45) is 0. The maximum atomic E-state index is 11.9. The van der Waals surface area contributed by atoms with E-state index in [1.54, 1.807) is 12.1 Å². The Bertz CT molecular complexity index is 732. The summed E-state index contributed by atoms with van der Waals surface area (Å²) >= 11 is 11.8. The van der Waals surface area contributed by atoms with Crippen molar-refractivity contribution in [1.29, 1.82) is 0 Å². The molecule has 0 unspecified atom stereocenters. The van der Waals surface area contributed by atoms with Crippen LogP contribution in [0, 0.1) is 6.92 Å². The average molecular weight is 352 g/mol. The fourth-order valence-electron chi connectivity index (χ4n) is 1.92. The van der Waals surface area contributed by atoms with E-state index in [0.717, 1.165) is 11.1 Å². The number of rotatable bonds is 5. The molecule has 2 aromatic rings. The van der Waals surface area contributed by atoms with Gasteiger partial charge >= 0.3 is 5.97 Å². The highest BCUT2D eigenvalue weighted by molar-refractivity contribution is 6.43. The number of amides is 1. The highest BCUT2D eigenvalue weighted by Gasteiger charge is 2.15. The highest BCUT2D eigenvalue weighted by atomic mass is 35.5. The molecule has 0 spiro atoms. The van der Waals surface area contributed by atoms with Crippen molar-refractivity contribution in [2.24, 2.45) is 0 Å². The monoisotopic (exact) mass is 351 g/mol. The molecular formula is C17H15Cl2NO3. The van der Waals surface area contributed by atoms with E-state index in [1.165, 1.54) is 6.07 Å². The van der Waals surface area contributed by atoms with E-state index in [4.69, 9.17) is 27.9 Å². The van der Waals surface area contributed by atoms with E-state index >= 15 is 0 Å². The Morgan fingerprint density at radius 1 is 1.09 bits per heavy atom. The van der Waals surface area contributed by atoms with Crippen molar-refractivity contribution < 1.29 is 14.3 Å². The van der Waals surface area contributed by atoms with Gasteiger partial charge in [-0.15, -0.1) is 0 Å². The van der Waals surface area contributed by atoms with Crippen LogP contribution in [0.2, 0.25) is 10.0 Å². The van der Waals surface area contributed by atoms with Crippen LogP contribution in [0.5, 0.6) is 0 Å². The van der Waals surface area contributed by atoms with Crippen molar-refractivity contribution in [3.05, 3.63) is 69.2 Å². The number of carbonyl (C=O) groups is 2. The standard InChI is InChI=1S/C17H15Cl2NO3/c1-11-5-2-3-6-12(11)9-20-15(21)10-23-17(22)13-7-4-8-14(18)16(13)19/h2-8H,9-10H2,1H3,(H,20,21). The predicted molar refractivity (Wildman–Crippen MR) is 89.8 cm³/mol. The number of ether oxygens (including phenoxy) is 1. The summed E-state index contributed by atoms with van der Waals surface area (Å²) in [6.45, 7) is 1.96. The van der Waals surface area contributed by atoms with Gasteiger partial charge in [0.1, 0.15) is 0 Å². The van der Waals surface area contributed by atoms with Crippen molar-refractivity contribution in [2.75, 3.05) is 6.61 Å². The van der Waals surface area contributed by atoms with Gasteiger partial charge in [-0.3, -0.25) is 4.79 Å². The topological polar surface area (TPSA) is 55.4 Å². The van der Waals surface area contributed by atoms with Crippen LogP contribution in [-0.4, -0.2) is 18.5 Å². The predicted octanol–water partition coefficient (Wildman–Crippen LogP) is 3.78. The lowest BCUT2D eigenvalue weighted by Crippen LogP contribution is -2.28. The SMILES string of the molecule is Cc1ccccc1CNC(=O)COC(=O)c1cccc(Cl)c1Cl. The van der Waals surface area contributed by atoms with Crippen LogP contribution in [0.15, 0.2) is 42.5 Å². The third kappa shape index (κ3) is 4.71. The molecule has 6 heteroatoms. The van der Waals surface area contributed by atoms with E-state index in [9.17, 15) is 9.59 Å². The van der Waals surface area contributed by atoms with Crippen LogP contribution in [0.4, 0.5) is 0 Å². The quantitative estimate of drug-likeness (QED) is 0.834. The zero-order chi connectivity index (χ0) is 16.8. The Kier molecular flexibility index (Phi) is 6.02. The summed E-state index contributed by atoms with van der Waals surface area (Å²) < 4.78 is 4.95. The van der Waals surface area contributed by atoms with E-state index in [1.807, 2.05) is 31.2 Å². The van der Waals surface area contributed by atoms with Gasteiger partial charge in [0.05, 0.1) is 15.6 Å². The smallest absolute Gasteiger partial charge is 0.340 e. The summed E-state index contributed by atoms with van der Waals surface area (Å²) in [5, 5.41) is 3.06. The van der Waals surface area contributed by atoms with Crippen molar-refractivity contribution >= 4 is 35.1 Å². The van der Waals surface area contributed by atoms with E-state index < -0.39 is 5.97 Å². The lowest BCUT2D eigenvalue weighted by molar-refractivity contribution is -0.124. The molecule has 23 heavy (non-hydrogen) atoms. The molecule has 1 amide bonds. The lowest BCUT2D eigenvalue weighted by Gasteiger charge is -2.09. The maximum Gasteiger partial charge on any atom is 0.340 e. The first-order valence-corrected chi connectivity index (χ1v) is 7.67. The summed E-state index contributed by atoms with van der Waals surface area (Å²) in [7, 11) is 0. The first-order chi connectivity index (χ1) is 11.0. The van der Waals surface area contributed by atoms with Crippen molar-refractivity contribution in [3.63, 3.8) is 0 Å². The fraction of sp³-hybridized carbons (Fsp3) is 0.176. The minimum Gasteiger partial charge on any atom is -0.452 e. The summed E-state index contributed by atoms with van der Waals surface area (Å²) in [5.74, 6) is -1.08. The minimum absolute atomic E-state index is 0.111. The highest BCUT2D eigenvalue weighted by Crippen LogP contribution is 2.25. The molecule has 0 heterocycles. The van der Waals surface area contributed by atoms with Gasteiger partial charge in [0.15, 0.2) is 6.61 Å². The molecule has 0 saturated heterocycles. The largest absolute Gasteiger partial charge is 0.452 e. The zero-order valence-corrected chi connectivity index (χ0v) is 13.9. The molecule has 0 aromatic heterocycles. The number of nitrogens with one attached hydrogen (secondary N) is 1. The average Bonchev–Trinajstić information content (AvgIpc) is 2.54. The molecule has 0 aliphatic carbocycles. The molecule has 0 saturated carbocycles. The second-order valence-corrected chi connectivity index (χ2v) is 5.67. The zero-order valence-electron chi connectivity index (χ0n) is 12.4. The molecule has 0 fully saturated rings. The van der Waals surface area contributed by atoms with Gasteiger partial charge in [-0.25, -0.2) is 4.79 Å². The Morgan fingerprint density at radius 2 is 1.83 bits per heavy atom. The van der Waals surface area contributed by atoms with Crippen molar-refractivity contribution in [2.45, 2.75) is 13.5 Å². The third-order valence-corrected chi connectivity index (χ3v) is 4.06. The van der Waals surface area contributed by atoms with Crippen LogP contribution in [-0.2, 0) is 16.1 Å². The summed E-state index contributed by atoms with van der Waals surface area (Å²) in [5.41, 5.74) is 2.21. The summed E-state index contributed by atoms with van der Waals surface area (Å²) in [4.78, 5) is 23.7. The molecule has 2 aromatic carbocycles. The molecule has 0 atom stereocenters. The molecule has 0 bridgehead atoms. The Hall–Kier alpha value is -2.04. The van der Waals surface area contributed by atoms with Gasteiger partial charge in [-0.2, -0.15) is 0 Å². The molecule has 0 aliphatic rings. The van der Waals surface area contributed by atoms with Crippen LogP contribution in [0.1, 0.15) is 21.5 Å². The second kappa shape index (κ2) is 7.99. The van der Waals surface area contributed by atoms with Crippen LogP contribution >= 0.6 is 23.2 Å². The summed E-state index contributed by atoms with van der Waals surface area (Å²) in [6, 6.07) is 12.4. The third-order valence-electron chi connectivity index (χ3n) is 3.24. The number of aryl methyl sites for hydroxylation is 1. The molecule has 4 nitrogen and oxygen atoms in total. The normalized spacial score (nSPS) is 10.2. The first kappa shape index (κ1) is 17.3. The number of hydrogen-bond donors (Lipinski definition) is 1. The van der Waals surface area contributed by atoms with Gasteiger partial charge in [0, 0.05) is 6.54 Å². The Labute approximate surface area is 144 Å². The molecule has 0 radical (unpaired) electrons. The Balaban J connectivity index is 1.86. The molecule has 120 valence electrons. The minimum atomic E-state index is -0.691.